The number of nitrogens with zero attached hydrogens (tertiary/aromatic N) is 1. The van der Waals surface area contributed by atoms with Gasteiger partial charge >= 0.3 is 0 Å². The summed E-state index contributed by atoms with van der Waals surface area (Å²) in [4.78, 5) is 18.5. The van der Waals surface area contributed by atoms with Crippen LogP contribution in [0.4, 0.5) is 0 Å². The second-order valence-electron chi connectivity index (χ2n) is 3.61. The molecule has 0 radical (unpaired) electrons. The summed E-state index contributed by atoms with van der Waals surface area (Å²) in [7, 11) is 1.54. The number of hydrogen-bond acceptors (Lipinski definition) is 3. The summed E-state index contributed by atoms with van der Waals surface area (Å²) in [5, 5.41) is 0.533. The number of nitrogens with one attached hydrogen (secondary N) is 1. The highest BCUT2D eigenvalue weighted by molar-refractivity contribution is 9.10. The van der Waals surface area contributed by atoms with E-state index in [0.717, 1.165) is 4.47 Å². The molecule has 0 spiro atoms. The lowest BCUT2D eigenvalue weighted by atomic mass is 10.1. The Balaban J connectivity index is 2.60. The lowest BCUT2D eigenvalue weighted by molar-refractivity contribution is 0.177. The second kappa shape index (κ2) is 5.65. The predicted molar refractivity (Wildman–Crippen MR) is 73.7 cm³/mol. The molecule has 0 saturated carbocycles. The van der Waals surface area contributed by atoms with E-state index < -0.39 is 0 Å². The Morgan fingerprint density at radius 2 is 2.28 bits per heavy atom. The molecule has 1 aromatic heterocycles. The Morgan fingerprint density at radius 1 is 1.50 bits per heavy atom. The van der Waals surface area contributed by atoms with Crippen molar-refractivity contribution >= 4 is 27.5 Å². The van der Waals surface area contributed by atoms with Crippen LogP contribution >= 0.6 is 27.5 Å². The van der Waals surface area contributed by atoms with E-state index in [2.05, 4.69) is 25.9 Å². The van der Waals surface area contributed by atoms with Gasteiger partial charge < -0.3 is 9.72 Å². The van der Waals surface area contributed by atoms with Crippen molar-refractivity contribution in [2.75, 3.05) is 7.11 Å². The minimum Gasteiger partial charge on any atom is -0.377 e. The molecule has 0 saturated heterocycles. The molecule has 0 fully saturated rings. The van der Waals surface area contributed by atoms with Crippen LogP contribution < -0.4 is 5.56 Å². The maximum Gasteiger partial charge on any atom is 0.251 e. The van der Waals surface area contributed by atoms with Crippen molar-refractivity contribution in [2.45, 2.75) is 6.61 Å². The van der Waals surface area contributed by atoms with Crippen LogP contribution in [0, 0.1) is 0 Å². The molecule has 1 heterocycles. The largest absolute Gasteiger partial charge is 0.377 e. The topological polar surface area (TPSA) is 55.0 Å². The number of benzene rings is 1. The molecule has 94 valence electrons. The summed E-state index contributed by atoms with van der Waals surface area (Å²) in [6.45, 7) is 0.241. The van der Waals surface area contributed by atoms with E-state index in [9.17, 15) is 4.79 Å². The Morgan fingerprint density at radius 3 is 2.94 bits per heavy atom. The van der Waals surface area contributed by atoms with Crippen LogP contribution in [-0.4, -0.2) is 17.1 Å². The van der Waals surface area contributed by atoms with Crippen molar-refractivity contribution in [1.29, 1.82) is 0 Å². The van der Waals surface area contributed by atoms with Crippen molar-refractivity contribution in [3.8, 4) is 11.3 Å². The number of methoxy groups -OCH3 is 1. The summed E-state index contributed by atoms with van der Waals surface area (Å²) >= 11 is 9.54. The third-order valence-corrected chi connectivity index (χ3v) is 3.27. The number of halogens is 2. The SMILES string of the molecule is COCc1nc(-c2c(Cl)cccc2Br)cc(=O)[nH]1. The normalized spacial score (nSPS) is 10.6. The smallest absolute Gasteiger partial charge is 0.251 e. The first-order valence-corrected chi connectivity index (χ1v) is 6.32. The lowest BCUT2D eigenvalue weighted by Gasteiger charge is -2.07. The van der Waals surface area contributed by atoms with Gasteiger partial charge in [0.2, 0.25) is 0 Å². The summed E-state index contributed by atoms with van der Waals surface area (Å²) in [6, 6.07) is 6.82. The van der Waals surface area contributed by atoms with Gasteiger partial charge in [-0.1, -0.05) is 33.6 Å². The van der Waals surface area contributed by atoms with Crippen molar-refractivity contribution in [3.63, 3.8) is 0 Å². The fourth-order valence-electron chi connectivity index (χ4n) is 1.58. The van der Waals surface area contributed by atoms with Gasteiger partial charge in [-0.25, -0.2) is 4.98 Å². The summed E-state index contributed by atoms with van der Waals surface area (Å²) in [6.07, 6.45) is 0. The molecule has 1 N–H and O–H groups in total. The number of aromatic amines is 1. The Labute approximate surface area is 117 Å². The van der Waals surface area contributed by atoms with E-state index in [1.807, 2.05) is 12.1 Å². The van der Waals surface area contributed by atoms with Crippen LogP contribution in [0.2, 0.25) is 5.02 Å². The number of hydrogen-bond donors (Lipinski definition) is 1. The molecule has 18 heavy (non-hydrogen) atoms. The molecule has 2 rings (SSSR count). The molecule has 0 bridgehead atoms. The van der Waals surface area contributed by atoms with Crippen molar-refractivity contribution in [3.05, 3.63) is 49.9 Å². The Bertz CT molecular complexity index is 607. The zero-order valence-corrected chi connectivity index (χ0v) is 11.9. The first kappa shape index (κ1) is 13.3. The Hall–Kier alpha value is -1.17. The molecule has 4 nitrogen and oxygen atoms in total. The standard InChI is InChI=1S/C12H10BrClN2O2/c1-18-6-10-15-9(5-11(17)16-10)12-7(13)3-2-4-8(12)14/h2-5H,6H2,1H3,(H,15,16,17). The highest BCUT2D eigenvalue weighted by Gasteiger charge is 2.11. The summed E-state index contributed by atoms with van der Waals surface area (Å²) < 4.78 is 5.75. The minimum atomic E-state index is -0.237. The molecule has 0 aliphatic carbocycles. The second-order valence-corrected chi connectivity index (χ2v) is 4.87. The van der Waals surface area contributed by atoms with Crippen LogP contribution in [0.25, 0.3) is 11.3 Å². The van der Waals surface area contributed by atoms with Crippen molar-refractivity contribution in [1.82, 2.24) is 9.97 Å². The molecule has 0 aliphatic rings. The maximum absolute atomic E-state index is 11.6. The van der Waals surface area contributed by atoms with Crippen LogP contribution in [-0.2, 0) is 11.3 Å². The molecule has 6 heteroatoms. The third kappa shape index (κ3) is 2.80. The van der Waals surface area contributed by atoms with E-state index in [1.54, 1.807) is 6.07 Å². The quantitative estimate of drug-likeness (QED) is 0.942. The molecule has 1 aromatic carbocycles. The Kier molecular flexibility index (Phi) is 4.16. The van der Waals surface area contributed by atoms with E-state index in [1.165, 1.54) is 13.2 Å². The minimum absolute atomic E-state index is 0.237. The maximum atomic E-state index is 11.6. The molecule has 0 aliphatic heterocycles. The molecule has 0 unspecified atom stereocenters. The number of aromatic nitrogens is 2. The monoisotopic (exact) mass is 328 g/mol. The molecule has 0 amide bonds. The van der Waals surface area contributed by atoms with Gasteiger partial charge in [0.05, 0.1) is 10.7 Å². The summed E-state index contributed by atoms with van der Waals surface area (Å²) in [5.41, 5.74) is 0.977. The first-order valence-electron chi connectivity index (χ1n) is 5.15. The average molecular weight is 330 g/mol. The van der Waals surface area contributed by atoms with Crippen LogP contribution in [0.5, 0.6) is 0 Å². The predicted octanol–water partition coefficient (Wildman–Crippen LogP) is 3.00. The first-order chi connectivity index (χ1) is 8.61. The van der Waals surface area contributed by atoms with E-state index in [-0.39, 0.29) is 12.2 Å². The van der Waals surface area contributed by atoms with Crippen LogP contribution in [0.3, 0.4) is 0 Å². The fraction of sp³-hybridized carbons (Fsp3) is 0.167. The molecular weight excluding hydrogens is 320 g/mol. The van der Waals surface area contributed by atoms with E-state index in [4.69, 9.17) is 16.3 Å². The lowest BCUT2D eigenvalue weighted by Crippen LogP contribution is -2.11. The third-order valence-electron chi connectivity index (χ3n) is 2.29. The van der Waals surface area contributed by atoms with Gasteiger partial charge in [0, 0.05) is 23.2 Å². The molecular formula is C12H10BrClN2O2. The summed E-state index contributed by atoms with van der Waals surface area (Å²) in [5.74, 6) is 0.465. The highest BCUT2D eigenvalue weighted by atomic mass is 79.9. The van der Waals surface area contributed by atoms with Gasteiger partial charge in [0.1, 0.15) is 12.4 Å². The average Bonchev–Trinajstić information content (AvgIpc) is 2.28. The van der Waals surface area contributed by atoms with Crippen molar-refractivity contribution in [2.24, 2.45) is 0 Å². The molecule has 2 aromatic rings. The van der Waals surface area contributed by atoms with Gasteiger partial charge in [-0.15, -0.1) is 0 Å². The van der Waals surface area contributed by atoms with Gasteiger partial charge in [0.15, 0.2) is 0 Å². The van der Waals surface area contributed by atoms with E-state index in [0.29, 0.717) is 22.1 Å². The zero-order chi connectivity index (χ0) is 13.1. The molecule has 0 atom stereocenters. The van der Waals surface area contributed by atoms with Gasteiger partial charge in [-0.3, -0.25) is 4.79 Å². The van der Waals surface area contributed by atoms with Gasteiger partial charge in [0.25, 0.3) is 5.56 Å². The van der Waals surface area contributed by atoms with Crippen LogP contribution in [0.1, 0.15) is 5.82 Å². The highest BCUT2D eigenvalue weighted by Crippen LogP contribution is 2.32. The zero-order valence-electron chi connectivity index (χ0n) is 9.54. The van der Waals surface area contributed by atoms with Crippen LogP contribution in [0.15, 0.2) is 33.5 Å². The number of ether oxygens (including phenoxy) is 1. The van der Waals surface area contributed by atoms with Gasteiger partial charge in [-0.05, 0) is 12.1 Å². The number of rotatable bonds is 3. The van der Waals surface area contributed by atoms with Crippen molar-refractivity contribution < 1.29 is 4.74 Å². The number of H-pyrrole nitrogens is 1. The fourth-order valence-corrected chi connectivity index (χ4v) is 2.54. The van der Waals surface area contributed by atoms with Gasteiger partial charge in [-0.2, -0.15) is 0 Å². The van der Waals surface area contributed by atoms with E-state index >= 15 is 0 Å².